The van der Waals surface area contributed by atoms with Gasteiger partial charge in [0.15, 0.2) is 11.6 Å². The van der Waals surface area contributed by atoms with E-state index in [1.165, 1.54) is 6.07 Å². The maximum absolute atomic E-state index is 13.1. The van der Waals surface area contributed by atoms with E-state index >= 15 is 0 Å². The molecule has 2 rings (SSSR count). The van der Waals surface area contributed by atoms with Gasteiger partial charge in [-0.05, 0) is 30.3 Å². The highest BCUT2D eigenvalue weighted by molar-refractivity contribution is 5.64. The number of anilines is 3. The molecule has 2 aromatic rings. The lowest BCUT2D eigenvalue weighted by molar-refractivity contribution is 0.509. The molecule has 2 nitrogen and oxygen atoms in total. The minimum atomic E-state index is -0.858. The molecule has 0 radical (unpaired) electrons. The third kappa shape index (κ3) is 2.77. The van der Waals surface area contributed by atoms with Gasteiger partial charge >= 0.3 is 0 Å². The zero-order chi connectivity index (χ0) is 13.1. The molecule has 0 saturated carbocycles. The SMILES string of the molecule is CN(C)c1cccc(Nc2ccc(F)c(F)c2)c1. The summed E-state index contributed by atoms with van der Waals surface area (Å²) in [6.45, 7) is 0. The molecule has 4 heteroatoms. The second-order valence-electron chi connectivity index (χ2n) is 4.20. The molecule has 0 heterocycles. The Morgan fingerprint density at radius 2 is 1.61 bits per heavy atom. The van der Waals surface area contributed by atoms with Gasteiger partial charge in [-0.2, -0.15) is 0 Å². The van der Waals surface area contributed by atoms with Crippen LogP contribution in [0.2, 0.25) is 0 Å². The maximum atomic E-state index is 13.1. The normalized spacial score (nSPS) is 10.2. The van der Waals surface area contributed by atoms with Crippen LogP contribution in [0.4, 0.5) is 25.8 Å². The molecular weight excluding hydrogens is 234 g/mol. The van der Waals surface area contributed by atoms with Crippen molar-refractivity contribution in [3.63, 3.8) is 0 Å². The number of hydrogen-bond donors (Lipinski definition) is 1. The monoisotopic (exact) mass is 248 g/mol. The highest BCUT2D eigenvalue weighted by atomic mass is 19.2. The quantitative estimate of drug-likeness (QED) is 0.889. The molecule has 0 bridgehead atoms. The van der Waals surface area contributed by atoms with E-state index < -0.39 is 11.6 Å². The lowest BCUT2D eigenvalue weighted by Gasteiger charge is -2.14. The molecule has 0 spiro atoms. The van der Waals surface area contributed by atoms with Gasteiger partial charge in [-0.1, -0.05) is 6.07 Å². The number of rotatable bonds is 3. The van der Waals surface area contributed by atoms with Gasteiger partial charge in [0.25, 0.3) is 0 Å². The Kier molecular flexibility index (Phi) is 3.46. The first-order valence-electron chi connectivity index (χ1n) is 5.56. The zero-order valence-corrected chi connectivity index (χ0v) is 10.2. The molecule has 0 aromatic heterocycles. The standard InChI is InChI=1S/C14H14F2N2/c1-18(2)12-5-3-4-10(8-12)17-11-6-7-13(15)14(16)9-11/h3-9,17H,1-2H3. The summed E-state index contributed by atoms with van der Waals surface area (Å²) in [5, 5.41) is 3.03. The van der Waals surface area contributed by atoms with Gasteiger partial charge in [0.05, 0.1) is 0 Å². The van der Waals surface area contributed by atoms with E-state index in [0.717, 1.165) is 23.5 Å². The van der Waals surface area contributed by atoms with Gasteiger partial charge in [-0.15, -0.1) is 0 Å². The highest BCUT2D eigenvalue weighted by Crippen LogP contribution is 2.22. The molecule has 18 heavy (non-hydrogen) atoms. The molecule has 0 saturated heterocycles. The summed E-state index contributed by atoms with van der Waals surface area (Å²) in [6.07, 6.45) is 0. The summed E-state index contributed by atoms with van der Waals surface area (Å²) in [6, 6.07) is 11.4. The van der Waals surface area contributed by atoms with Crippen LogP contribution in [0.1, 0.15) is 0 Å². The van der Waals surface area contributed by atoms with Crippen molar-refractivity contribution in [2.45, 2.75) is 0 Å². The van der Waals surface area contributed by atoms with Gasteiger partial charge in [0.2, 0.25) is 0 Å². The Bertz CT molecular complexity index is 553. The molecule has 94 valence electrons. The van der Waals surface area contributed by atoms with Crippen LogP contribution in [0.25, 0.3) is 0 Å². The van der Waals surface area contributed by atoms with Gasteiger partial charge in [-0.25, -0.2) is 8.78 Å². The Balaban J connectivity index is 2.23. The van der Waals surface area contributed by atoms with Crippen LogP contribution in [0, 0.1) is 11.6 Å². The topological polar surface area (TPSA) is 15.3 Å². The largest absolute Gasteiger partial charge is 0.378 e. The van der Waals surface area contributed by atoms with Crippen molar-refractivity contribution in [1.29, 1.82) is 0 Å². The van der Waals surface area contributed by atoms with Crippen LogP contribution < -0.4 is 10.2 Å². The van der Waals surface area contributed by atoms with E-state index in [4.69, 9.17) is 0 Å². The second kappa shape index (κ2) is 5.04. The Morgan fingerprint density at radius 1 is 0.889 bits per heavy atom. The van der Waals surface area contributed by atoms with E-state index in [0.29, 0.717) is 5.69 Å². The predicted molar refractivity (Wildman–Crippen MR) is 70.4 cm³/mol. The van der Waals surface area contributed by atoms with Gasteiger partial charge in [0, 0.05) is 37.2 Å². The summed E-state index contributed by atoms with van der Waals surface area (Å²) in [5.74, 6) is -1.70. The maximum Gasteiger partial charge on any atom is 0.160 e. The van der Waals surface area contributed by atoms with E-state index in [1.54, 1.807) is 0 Å². The van der Waals surface area contributed by atoms with Crippen molar-refractivity contribution in [1.82, 2.24) is 0 Å². The summed E-state index contributed by atoms with van der Waals surface area (Å²) in [7, 11) is 3.88. The number of nitrogens with zero attached hydrogens (tertiary/aromatic N) is 1. The molecule has 0 fully saturated rings. The van der Waals surface area contributed by atoms with Crippen molar-refractivity contribution in [2.75, 3.05) is 24.3 Å². The number of halogens is 2. The fourth-order valence-electron chi connectivity index (χ4n) is 1.60. The fraction of sp³-hybridized carbons (Fsp3) is 0.143. The van der Waals surface area contributed by atoms with Crippen molar-refractivity contribution in [2.24, 2.45) is 0 Å². The molecule has 0 unspecified atom stereocenters. The van der Waals surface area contributed by atoms with E-state index in [9.17, 15) is 8.78 Å². The average Bonchev–Trinajstić information content (AvgIpc) is 2.34. The molecule has 1 N–H and O–H groups in total. The zero-order valence-electron chi connectivity index (χ0n) is 10.2. The molecule has 0 atom stereocenters. The minimum Gasteiger partial charge on any atom is -0.378 e. The van der Waals surface area contributed by atoms with Crippen molar-refractivity contribution in [3.05, 3.63) is 54.1 Å². The molecule has 2 aromatic carbocycles. The Hall–Kier alpha value is -2.10. The van der Waals surface area contributed by atoms with Gasteiger partial charge in [0.1, 0.15) is 0 Å². The highest BCUT2D eigenvalue weighted by Gasteiger charge is 2.03. The molecule has 0 aliphatic rings. The van der Waals surface area contributed by atoms with Crippen LogP contribution in [0.3, 0.4) is 0 Å². The second-order valence-corrected chi connectivity index (χ2v) is 4.20. The number of hydrogen-bond acceptors (Lipinski definition) is 2. The van der Waals surface area contributed by atoms with Crippen molar-refractivity contribution in [3.8, 4) is 0 Å². The predicted octanol–water partition coefficient (Wildman–Crippen LogP) is 3.77. The Morgan fingerprint density at radius 3 is 2.28 bits per heavy atom. The average molecular weight is 248 g/mol. The van der Waals surface area contributed by atoms with Crippen LogP contribution in [0.5, 0.6) is 0 Å². The van der Waals surface area contributed by atoms with Crippen LogP contribution in [-0.2, 0) is 0 Å². The van der Waals surface area contributed by atoms with Gasteiger partial charge < -0.3 is 10.2 Å². The molecule has 0 aliphatic carbocycles. The summed E-state index contributed by atoms with van der Waals surface area (Å²) in [4.78, 5) is 1.97. The number of nitrogens with one attached hydrogen (secondary N) is 1. The summed E-state index contributed by atoms with van der Waals surface area (Å²) in [5.41, 5.74) is 2.37. The van der Waals surface area contributed by atoms with Crippen LogP contribution in [0.15, 0.2) is 42.5 Å². The molecular formula is C14H14F2N2. The Labute approximate surface area is 105 Å². The van der Waals surface area contributed by atoms with E-state index in [1.807, 2.05) is 43.3 Å². The first-order valence-corrected chi connectivity index (χ1v) is 5.56. The smallest absolute Gasteiger partial charge is 0.160 e. The van der Waals surface area contributed by atoms with Crippen LogP contribution >= 0.6 is 0 Å². The molecule has 0 amide bonds. The van der Waals surface area contributed by atoms with Crippen molar-refractivity contribution >= 4 is 17.1 Å². The van der Waals surface area contributed by atoms with Crippen molar-refractivity contribution < 1.29 is 8.78 Å². The first-order chi connectivity index (χ1) is 8.56. The lowest BCUT2D eigenvalue weighted by atomic mass is 10.2. The van der Waals surface area contributed by atoms with Gasteiger partial charge in [-0.3, -0.25) is 0 Å². The minimum absolute atomic E-state index is 0.518. The fourth-order valence-corrected chi connectivity index (χ4v) is 1.60. The van der Waals surface area contributed by atoms with E-state index in [2.05, 4.69) is 5.32 Å². The summed E-state index contributed by atoms with van der Waals surface area (Å²) >= 11 is 0. The molecule has 0 aliphatic heterocycles. The van der Waals surface area contributed by atoms with Crippen LogP contribution in [-0.4, -0.2) is 14.1 Å². The number of benzene rings is 2. The third-order valence-corrected chi connectivity index (χ3v) is 2.57. The summed E-state index contributed by atoms with van der Waals surface area (Å²) < 4.78 is 25.9. The van der Waals surface area contributed by atoms with E-state index in [-0.39, 0.29) is 0 Å². The third-order valence-electron chi connectivity index (χ3n) is 2.57. The first kappa shape index (κ1) is 12.4. The lowest BCUT2D eigenvalue weighted by Crippen LogP contribution is -2.08.